The van der Waals surface area contributed by atoms with Gasteiger partial charge in [0.25, 0.3) is 0 Å². The Kier molecular flexibility index (Phi) is 8.34. The maximum absolute atomic E-state index is 12.3. The van der Waals surface area contributed by atoms with E-state index in [9.17, 15) is 5.11 Å². The Morgan fingerprint density at radius 2 is 1.02 bits per heavy atom. The van der Waals surface area contributed by atoms with E-state index in [1.165, 1.54) is 71.6 Å². The van der Waals surface area contributed by atoms with Gasteiger partial charge in [0.2, 0.25) is 0 Å². The summed E-state index contributed by atoms with van der Waals surface area (Å²) in [7, 11) is 10.8. The minimum absolute atomic E-state index is 0.277. The van der Waals surface area contributed by atoms with Gasteiger partial charge in [-0.3, -0.25) is 4.57 Å². The van der Waals surface area contributed by atoms with Crippen molar-refractivity contribution < 1.29 is 5.11 Å². The van der Waals surface area contributed by atoms with Crippen LogP contribution in [0.5, 0.6) is 0 Å². The Balaban J connectivity index is 1.10. The molecule has 10 rings (SSSR count). The van der Waals surface area contributed by atoms with E-state index in [0.29, 0.717) is 0 Å². The topological polar surface area (TPSA) is 38.0 Å². The molecular formula is C50H43B5N2O. The second-order valence-electron chi connectivity index (χ2n) is 17.5. The second kappa shape index (κ2) is 13.3. The first kappa shape index (κ1) is 36.4. The Bertz CT molecular complexity index is 3000. The van der Waals surface area contributed by atoms with Crippen LogP contribution in [0.15, 0.2) is 164 Å². The lowest BCUT2D eigenvalue weighted by Crippen LogP contribution is -2.60. The maximum atomic E-state index is 12.3. The van der Waals surface area contributed by atoms with Gasteiger partial charge in [0.05, 0.1) is 34.6 Å². The summed E-state index contributed by atoms with van der Waals surface area (Å²) in [6.45, 7) is 2.16. The lowest BCUT2D eigenvalue weighted by atomic mass is 9.24. The molecule has 0 fully saturated rings. The molecule has 1 heterocycles. The molecule has 0 saturated carbocycles. The molecule has 0 amide bonds. The van der Waals surface area contributed by atoms with Crippen LogP contribution < -0.4 is 0 Å². The third kappa shape index (κ3) is 5.27. The van der Waals surface area contributed by atoms with Crippen LogP contribution in [0, 0.1) is 0 Å². The molecule has 0 bridgehead atoms. The van der Waals surface area contributed by atoms with Gasteiger partial charge in [0, 0.05) is 22.9 Å². The molecule has 58 heavy (non-hydrogen) atoms. The summed E-state index contributed by atoms with van der Waals surface area (Å²) in [6, 6.07) is 59.7. The average molecular weight is 742 g/mol. The molecular weight excluding hydrogens is 699 g/mol. The molecule has 1 aliphatic rings. The lowest BCUT2D eigenvalue weighted by Gasteiger charge is -2.53. The molecule has 1 aliphatic carbocycles. The van der Waals surface area contributed by atoms with Crippen LogP contribution in [0.1, 0.15) is 23.9 Å². The minimum Gasteiger partial charge on any atom is -0.406 e. The van der Waals surface area contributed by atoms with Crippen molar-refractivity contribution in [2.75, 3.05) is 0 Å². The van der Waals surface area contributed by atoms with E-state index in [0.717, 1.165) is 34.5 Å². The van der Waals surface area contributed by atoms with Crippen molar-refractivity contribution in [1.29, 1.82) is 0 Å². The molecule has 1 N–H and O–H groups in total. The number of imidazole rings is 1. The predicted molar refractivity (Wildman–Crippen MR) is 258 cm³/mol. The van der Waals surface area contributed by atoms with Gasteiger partial charge >= 0.3 is 0 Å². The smallest absolute Gasteiger partial charge is 0.133 e. The fourth-order valence-corrected chi connectivity index (χ4v) is 10.8. The quantitative estimate of drug-likeness (QED) is 0.141. The number of benzene rings is 8. The number of hydrogen-bond acceptors (Lipinski definition) is 2. The van der Waals surface area contributed by atoms with Crippen LogP contribution in [-0.2, 0) is 11.8 Å². The number of nitrogens with zero attached hydrogens (tertiary/aromatic N) is 2. The third-order valence-corrected chi connectivity index (χ3v) is 12.9. The highest BCUT2D eigenvalue weighted by atomic mass is 16.3. The molecule has 0 saturated heterocycles. The number of aromatic nitrogens is 2. The van der Waals surface area contributed by atoms with Gasteiger partial charge in [-0.2, -0.15) is 0 Å². The highest BCUT2D eigenvalue weighted by Gasteiger charge is 2.58. The Hall–Kier alpha value is -5.97. The summed E-state index contributed by atoms with van der Waals surface area (Å²) in [5.74, 6) is 1.07. The number of fused-ring (bicyclic) bond motifs is 6. The van der Waals surface area contributed by atoms with E-state index < -0.39 is 10.8 Å². The summed E-state index contributed by atoms with van der Waals surface area (Å²) in [5, 5.41) is 15.8. The van der Waals surface area contributed by atoms with Crippen LogP contribution in [0.2, 0.25) is 5.11 Å². The van der Waals surface area contributed by atoms with Gasteiger partial charge < -0.3 is 5.11 Å². The average Bonchev–Trinajstić information content (AvgIpc) is 3.77. The van der Waals surface area contributed by atoms with E-state index in [2.05, 4.69) is 199 Å². The third-order valence-electron chi connectivity index (χ3n) is 12.9. The Labute approximate surface area is 345 Å². The van der Waals surface area contributed by atoms with E-state index in [4.69, 9.17) is 4.98 Å². The molecule has 0 spiro atoms. The van der Waals surface area contributed by atoms with E-state index in [-0.39, 0.29) is 5.11 Å². The summed E-state index contributed by atoms with van der Waals surface area (Å²) in [4.78, 5) is 4.89. The Morgan fingerprint density at radius 1 is 0.534 bits per heavy atom. The largest absolute Gasteiger partial charge is 0.406 e. The summed E-state index contributed by atoms with van der Waals surface area (Å²) in [5.41, 5.74) is 14.6. The van der Waals surface area contributed by atoms with Gasteiger partial charge in [0.15, 0.2) is 0 Å². The molecule has 9 aromatic rings. The number of aliphatic hydroxyl groups is 1. The number of para-hydroxylation sites is 2. The van der Waals surface area contributed by atoms with Crippen LogP contribution >= 0.6 is 0 Å². The first-order chi connectivity index (χ1) is 28.0. The number of hydrogen-bond donors (Lipinski definition) is 1. The highest BCUT2D eigenvalue weighted by Crippen LogP contribution is 2.61. The summed E-state index contributed by atoms with van der Waals surface area (Å²) >= 11 is 0. The van der Waals surface area contributed by atoms with Crippen molar-refractivity contribution in [3.8, 4) is 50.2 Å². The van der Waals surface area contributed by atoms with Crippen molar-refractivity contribution >= 4 is 71.8 Å². The number of aryl methyl sites for hydroxylation is 1. The zero-order chi connectivity index (χ0) is 40.0. The van der Waals surface area contributed by atoms with Gasteiger partial charge in [-0.25, -0.2) is 4.98 Å². The molecule has 8 heteroatoms. The maximum Gasteiger partial charge on any atom is 0.133 e. The molecule has 1 aromatic heterocycles. The lowest BCUT2D eigenvalue weighted by molar-refractivity contribution is 0.138. The number of rotatable bonds is 7. The molecule has 8 aromatic carbocycles. The molecule has 0 radical (unpaired) electrons. The molecule has 1 unspecified atom stereocenters. The van der Waals surface area contributed by atoms with Gasteiger partial charge in [0.1, 0.15) is 21.5 Å². The first-order valence-corrected chi connectivity index (χ1v) is 20.6. The SMILES string of the molecule is BC(B)(B)C1(C(B)(B)O)c2ccccc2-c2ccc(-c3c4ccccc4c(-c4ccc(-c5ccc(-n6c(CC)nc7ccccc76)cc5)cc4)c4ccccc34)cc21. The van der Waals surface area contributed by atoms with Crippen molar-refractivity contribution in [2.45, 2.75) is 29.3 Å². The fourth-order valence-electron chi connectivity index (χ4n) is 10.8. The van der Waals surface area contributed by atoms with Crippen LogP contribution in [0.25, 0.3) is 82.8 Å². The summed E-state index contributed by atoms with van der Waals surface area (Å²) in [6.07, 6.45) is 0.865. The first-order valence-electron chi connectivity index (χ1n) is 20.6. The van der Waals surface area contributed by atoms with Crippen LogP contribution in [-0.4, -0.2) is 59.3 Å². The molecule has 1 atom stereocenters. The van der Waals surface area contributed by atoms with E-state index in [1.54, 1.807) is 0 Å². The van der Waals surface area contributed by atoms with Crippen LogP contribution in [0.3, 0.4) is 0 Å². The van der Waals surface area contributed by atoms with Gasteiger partial charge in [-0.05, 0) is 108 Å². The summed E-state index contributed by atoms with van der Waals surface area (Å²) < 4.78 is 2.28. The zero-order valence-electron chi connectivity index (χ0n) is 34.1. The Morgan fingerprint density at radius 3 is 1.60 bits per heavy atom. The standard InChI is InChI=1S/C50H43B5N2O/c1-2-45-56-43-17-9-10-18-44(43)57(45)34-26-23-31(24-27-34)30-19-21-32(22-20-30)46-37-12-3-5-14-39(37)47(40-15-6-4-13-38(40)46)33-25-28-36-35-11-7-8-16-41(35)48(42(36)29-33,49(51,52)53)50(54,55)58/h3-29,58H,2,51-55H2,1H3. The minimum atomic E-state index is -1.03. The predicted octanol–water partition coefficient (Wildman–Crippen LogP) is 7.05. The molecule has 3 nitrogen and oxygen atoms in total. The highest BCUT2D eigenvalue weighted by molar-refractivity contribution is 6.61. The van der Waals surface area contributed by atoms with Crippen molar-refractivity contribution in [3.05, 3.63) is 181 Å². The molecule has 0 aliphatic heterocycles. The van der Waals surface area contributed by atoms with Gasteiger partial charge in [-0.15, -0.1) is 0 Å². The van der Waals surface area contributed by atoms with E-state index >= 15 is 0 Å². The van der Waals surface area contributed by atoms with Crippen molar-refractivity contribution in [2.24, 2.45) is 0 Å². The molecule has 274 valence electrons. The zero-order valence-corrected chi connectivity index (χ0v) is 34.1. The van der Waals surface area contributed by atoms with Crippen molar-refractivity contribution in [1.82, 2.24) is 9.55 Å². The normalized spacial score (nSPS) is 15.2. The van der Waals surface area contributed by atoms with Crippen molar-refractivity contribution in [3.63, 3.8) is 0 Å². The fraction of sp³-hybridized carbons (Fsp3) is 0.100. The monoisotopic (exact) mass is 742 g/mol. The second-order valence-corrected chi connectivity index (χ2v) is 17.5. The van der Waals surface area contributed by atoms with Gasteiger partial charge in [-0.1, -0.05) is 145 Å². The van der Waals surface area contributed by atoms with Crippen LogP contribution in [0.4, 0.5) is 0 Å². The van der Waals surface area contributed by atoms with E-state index in [1.807, 2.05) is 15.7 Å².